The van der Waals surface area contributed by atoms with E-state index in [0.717, 1.165) is 35.6 Å². The van der Waals surface area contributed by atoms with E-state index >= 15 is 0 Å². The molecule has 1 saturated carbocycles. The maximum Gasteiger partial charge on any atom is 0.216 e. The minimum Gasteiger partial charge on any atom is -0.493 e. The second-order valence-electron chi connectivity index (χ2n) is 7.05. The molecule has 0 amide bonds. The van der Waals surface area contributed by atoms with Crippen LogP contribution in [0.4, 0.5) is 0 Å². The first-order valence-corrected chi connectivity index (χ1v) is 9.92. The third-order valence-electron chi connectivity index (χ3n) is 4.74. The summed E-state index contributed by atoms with van der Waals surface area (Å²) in [5.74, 6) is 4.41. The lowest BCUT2D eigenvalue weighted by Crippen LogP contribution is -2.38. The molecule has 3 aromatic rings. The smallest absolute Gasteiger partial charge is 0.216 e. The van der Waals surface area contributed by atoms with Crippen LogP contribution >= 0.6 is 0 Å². The fourth-order valence-electron chi connectivity index (χ4n) is 2.90. The third kappa shape index (κ3) is 5.37. The van der Waals surface area contributed by atoms with Gasteiger partial charge in [0.2, 0.25) is 5.82 Å². The number of ether oxygens (including phenoxy) is 1. The lowest BCUT2D eigenvalue weighted by atomic mass is 10.2. The molecule has 4 rings (SSSR count). The molecule has 0 bridgehead atoms. The van der Waals surface area contributed by atoms with Gasteiger partial charge >= 0.3 is 0 Å². The first kappa shape index (κ1) is 19.0. The molecule has 1 aromatic carbocycles. The molecule has 152 valence electrons. The van der Waals surface area contributed by atoms with Crippen molar-refractivity contribution in [3.63, 3.8) is 0 Å². The van der Waals surface area contributed by atoms with Crippen molar-refractivity contribution in [2.24, 2.45) is 10.9 Å². The van der Waals surface area contributed by atoms with Gasteiger partial charge < -0.3 is 19.8 Å². The molecule has 0 aliphatic heterocycles. The minimum absolute atomic E-state index is 0.565. The van der Waals surface area contributed by atoms with Crippen molar-refractivity contribution in [1.29, 1.82) is 0 Å². The summed E-state index contributed by atoms with van der Waals surface area (Å²) < 4.78 is 11.3. The third-order valence-corrected chi connectivity index (χ3v) is 4.74. The normalized spacial score (nSPS) is 14.0. The summed E-state index contributed by atoms with van der Waals surface area (Å²) in [6.45, 7) is 2.12. The van der Waals surface area contributed by atoms with Gasteiger partial charge in [-0.15, -0.1) is 0 Å². The van der Waals surface area contributed by atoms with E-state index in [1.165, 1.54) is 12.8 Å². The van der Waals surface area contributed by atoms with Crippen molar-refractivity contribution in [2.45, 2.75) is 25.8 Å². The number of hydrogen-bond donors (Lipinski definition) is 3. The molecule has 8 heteroatoms. The van der Waals surface area contributed by atoms with Crippen LogP contribution in [0.5, 0.6) is 5.75 Å². The van der Waals surface area contributed by atoms with Gasteiger partial charge in [-0.2, -0.15) is 5.10 Å². The molecule has 1 fully saturated rings. The first-order valence-electron chi connectivity index (χ1n) is 9.92. The zero-order chi connectivity index (χ0) is 19.9. The van der Waals surface area contributed by atoms with Gasteiger partial charge in [0.1, 0.15) is 11.6 Å². The quantitative estimate of drug-likeness (QED) is 0.381. The minimum atomic E-state index is 0.565. The molecule has 2 heterocycles. The van der Waals surface area contributed by atoms with Gasteiger partial charge in [0, 0.05) is 32.1 Å². The number of H-pyrrole nitrogens is 1. The maximum atomic E-state index is 5.97. The SMILES string of the molecule is CN=C(NCCc1nc(-c2ccco2)n[nH]1)NCc1ccccc1OCC1CC1. The van der Waals surface area contributed by atoms with Crippen molar-refractivity contribution in [3.8, 4) is 17.3 Å². The highest BCUT2D eigenvalue weighted by molar-refractivity contribution is 5.79. The molecule has 0 saturated heterocycles. The highest BCUT2D eigenvalue weighted by atomic mass is 16.5. The van der Waals surface area contributed by atoms with Crippen molar-refractivity contribution in [1.82, 2.24) is 25.8 Å². The number of aromatic nitrogens is 3. The monoisotopic (exact) mass is 394 g/mol. The summed E-state index contributed by atoms with van der Waals surface area (Å²) in [4.78, 5) is 8.73. The Bertz CT molecular complexity index is 930. The van der Waals surface area contributed by atoms with Crippen LogP contribution < -0.4 is 15.4 Å². The van der Waals surface area contributed by atoms with Crippen molar-refractivity contribution in [2.75, 3.05) is 20.2 Å². The molecule has 2 aromatic heterocycles. The van der Waals surface area contributed by atoms with Gasteiger partial charge in [-0.05, 0) is 37.0 Å². The Morgan fingerprint density at radius 2 is 2.14 bits per heavy atom. The molecule has 0 atom stereocenters. The van der Waals surface area contributed by atoms with Crippen molar-refractivity contribution >= 4 is 5.96 Å². The zero-order valence-corrected chi connectivity index (χ0v) is 16.5. The molecule has 1 aliphatic rings. The number of benzene rings is 1. The molecule has 3 N–H and O–H groups in total. The van der Waals surface area contributed by atoms with E-state index in [-0.39, 0.29) is 0 Å². The van der Waals surface area contributed by atoms with Gasteiger partial charge in [0.25, 0.3) is 0 Å². The average Bonchev–Trinajstić information content (AvgIpc) is 3.20. The van der Waals surface area contributed by atoms with Crippen LogP contribution in [0.15, 0.2) is 52.1 Å². The number of aliphatic imine (C=N–C) groups is 1. The maximum absolute atomic E-state index is 5.97. The molecule has 29 heavy (non-hydrogen) atoms. The number of guanidine groups is 1. The lowest BCUT2D eigenvalue weighted by Gasteiger charge is -2.14. The molecule has 0 radical (unpaired) electrons. The van der Waals surface area contributed by atoms with Crippen LogP contribution in [-0.2, 0) is 13.0 Å². The van der Waals surface area contributed by atoms with E-state index in [4.69, 9.17) is 9.15 Å². The van der Waals surface area contributed by atoms with E-state index < -0.39 is 0 Å². The number of nitrogens with zero attached hydrogens (tertiary/aromatic N) is 3. The standard InChI is InChI=1S/C21H26N6O2/c1-22-21(23-11-10-19-25-20(27-26-19)18-7-4-12-28-18)24-13-16-5-2-3-6-17(16)29-14-15-8-9-15/h2-7,12,15H,8-11,13-14H2,1H3,(H2,22,23,24)(H,25,26,27). The number of para-hydroxylation sites is 1. The Morgan fingerprint density at radius 3 is 2.93 bits per heavy atom. The highest BCUT2D eigenvalue weighted by Gasteiger charge is 2.22. The van der Waals surface area contributed by atoms with Crippen molar-refractivity contribution < 1.29 is 9.15 Å². The largest absolute Gasteiger partial charge is 0.493 e. The van der Waals surface area contributed by atoms with Crippen molar-refractivity contribution in [3.05, 3.63) is 54.0 Å². The Balaban J connectivity index is 1.24. The van der Waals surface area contributed by atoms with Crippen LogP contribution in [0.2, 0.25) is 0 Å². The summed E-state index contributed by atoms with van der Waals surface area (Å²) in [6, 6.07) is 11.8. The van der Waals surface area contributed by atoms with Crippen LogP contribution in [0, 0.1) is 5.92 Å². The second-order valence-corrected chi connectivity index (χ2v) is 7.05. The summed E-state index contributed by atoms with van der Waals surface area (Å²) in [5.41, 5.74) is 1.12. The number of hydrogen-bond acceptors (Lipinski definition) is 5. The van der Waals surface area contributed by atoms with Crippen LogP contribution in [0.3, 0.4) is 0 Å². The van der Waals surface area contributed by atoms with Crippen LogP contribution in [0.25, 0.3) is 11.6 Å². The van der Waals surface area contributed by atoms with E-state index in [0.29, 0.717) is 31.1 Å². The predicted octanol–water partition coefficient (Wildman–Crippen LogP) is 2.76. The van der Waals surface area contributed by atoms with Gasteiger partial charge in [0.15, 0.2) is 11.7 Å². The molecular weight excluding hydrogens is 368 g/mol. The van der Waals surface area contributed by atoms with Gasteiger partial charge in [-0.25, -0.2) is 4.98 Å². The summed E-state index contributed by atoms with van der Waals surface area (Å²) in [6.07, 6.45) is 4.86. The topological polar surface area (TPSA) is 100 Å². The molecule has 1 aliphatic carbocycles. The number of nitrogens with one attached hydrogen (secondary N) is 3. The van der Waals surface area contributed by atoms with E-state index in [2.05, 4.69) is 36.9 Å². The molecule has 8 nitrogen and oxygen atoms in total. The highest BCUT2D eigenvalue weighted by Crippen LogP contribution is 2.30. The predicted molar refractivity (Wildman–Crippen MR) is 111 cm³/mol. The van der Waals surface area contributed by atoms with E-state index in [9.17, 15) is 0 Å². The molecule has 0 unspecified atom stereocenters. The summed E-state index contributed by atoms with van der Waals surface area (Å²) >= 11 is 0. The first-order chi connectivity index (χ1) is 14.3. The van der Waals surface area contributed by atoms with Gasteiger partial charge in [0.05, 0.1) is 12.9 Å². The number of rotatable bonds is 9. The van der Waals surface area contributed by atoms with Gasteiger partial charge in [-0.1, -0.05) is 18.2 Å². The summed E-state index contributed by atoms with van der Waals surface area (Å²) in [7, 11) is 1.76. The number of furan rings is 1. The fraction of sp³-hybridized carbons (Fsp3) is 0.381. The Hall–Kier alpha value is -3.29. The number of aromatic amines is 1. The second kappa shape index (κ2) is 9.27. The Labute approximate surface area is 169 Å². The molecule has 0 spiro atoms. The lowest BCUT2D eigenvalue weighted by molar-refractivity contribution is 0.296. The molecular formula is C21H26N6O2. The van der Waals surface area contributed by atoms with Crippen LogP contribution in [-0.4, -0.2) is 41.3 Å². The van der Waals surface area contributed by atoms with E-state index in [1.807, 2.05) is 30.3 Å². The Morgan fingerprint density at radius 1 is 1.24 bits per heavy atom. The van der Waals surface area contributed by atoms with Gasteiger partial charge in [-0.3, -0.25) is 10.1 Å². The van der Waals surface area contributed by atoms with E-state index in [1.54, 1.807) is 13.3 Å². The summed E-state index contributed by atoms with van der Waals surface area (Å²) in [5, 5.41) is 13.8. The van der Waals surface area contributed by atoms with Crippen LogP contribution in [0.1, 0.15) is 24.2 Å². The average molecular weight is 394 g/mol. The zero-order valence-electron chi connectivity index (χ0n) is 16.5. The Kier molecular flexibility index (Phi) is 6.09. The fourth-order valence-corrected chi connectivity index (χ4v) is 2.90.